The number of aromatic amines is 1. The van der Waals surface area contributed by atoms with Gasteiger partial charge in [-0.25, -0.2) is 4.98 Å². The van der Waals surface area contributed by atoms with E-state index in [9.17, 15) is 9.59 Å². The van der Waals surface area contributed by atoms with E-state index in [0.717, 1.165) is 5.69 Å². The molecule has 1 aliphatic rings. The Hall–Kier alpha value is -2.15. The highest BCUT2D eigenvalue weighted by Crippen LogP contribution is 2.23. The maximum atomic E-state index is 12.2. The van der Waals surface area contributed by atoms with E-state index in [1.165, 1.54) is 6.08 Å². The molecule has 0 radical (unpaired) electrons. The van der Waals surface area contributed by atoms with Gasteiger partial charge in [-0.3, -0.25) is 9.59 Å². The van der Waals surface area contributed by atoms with Crippen LogP contribution in [0.5, 0.6) is 0 Å². The maximum absolute atomic E-state index is 12.2. The Bertz CT molecular complexity index is 539. The first-order chi connectivity index (χ1) is 10.5. The first-order valence-electron chi connectivity index (χ1n) is 7.19. The first kappa shape index (κ1) is 16.2. The van der Waals surface area contributed by atoms with Crippen LogP contribution in [0.1, 0.15) is 12.1 Å². The molecule has 0 unspecified atom stereocenters. The fraction of sp³-hybridized carbons (Fsp3) is 0.533. The topological polar surface area (TPSA) is 78.5 Å². The zero-order valence-electron chi connectivity index (χ0n) is 13.2. The van der Waals surface area contributed by atoms with E-state index in [1.54, 1.807) is 49.6 Å². The summed E-state index contributed by atoms with van der Waals surface area (Å²) in [5.74, 6) is -0.00444. The van der Waals surface area contributed by atoms with E-state index in [4.69, 9.17) is 4.74 Å². The second kappa shape index (κ2) is 7.22. The maximum Gasteiger partial charge on any atom is 0.246 e. The Morgan fingerprint density at radius 3 is 2.86 bits per heavy atom. The van der Waals surface area contributed by atoms with Crippen molar-refractivity contribution in [2.24, 2.45) is 5.92 Å². The summed E-state index contributed by atoms with van der Waals surface area (Å²) in [6, 6.07) is 0. The normalized spacial score (nSPS) is 21.5. The summed E-state index contributed by atoms with van der Waals surface area (Å²) >= 11 is 0. The molecule has 1 saturated heterocycles. The van der Waals surface area contributed by atoms with Crippen LogP contribution in [0.3, 0.4) is 0 Å². The van der Waals surface area contributed by atoms with Crippen LogP contribution in [0.4, 0.5) is 0 Å². The van der Waals surface area contributed by atoms with Crippen molar-refractivity contribution in [1.29, 1.82) is 0 Å². The molecule has 1 fully saturated rings. The minimum atomic E-state index is -0.103. The van der Waals surface area contributed by atoms with E-state index < -0.39 is 0 Å². The van der Waals surface area contributed by atoms with Gasteiger partial charge in [-0.2, -0.15) is 0 Å². The van der Waals surface area contributed by atoms with E-state index in [0.29, 0.717) is 19.5 Å². The number of carbonyl (C=O) groups excluding carboxylic acids is 2. The average molecular weight is 306 g/mol. The van der Waals surface area contributed by atoms with Gasteiger partial charge in [-0.05, 0) is 6.08 Å². The molecule has 2 rings (SSSR count). The number of H-pyrrole nitrogens is 1. The minimum absolute atomic E-state index is 0.0319. The minimum Gasteiger partial charge on any atom is -0.379 e. The van der Waals surface area contributed by atoms with Crippen LogP contribution >= 0.6 is 0 Å². The highest BCUT2D eigenvalue weighted by molar-refractivity contribution is 5.91. The summed E-state index contributed by atoms with van der Waals surface area (Å²) in [6.07, 6.45) is 6.69. The molecule has 2 atom stereocenters. The van der Waals surface area contributed by atoms with Crippen molar-refractivity contribution in [2.45, 2.75) is 12.5 Å². The third kappa shape index (κ3) is 3.94. The van der Waals surface area contributed by atoms with Crippen LogP contribution in [0.25, 0.3) is 6.08 Å². The number of likely N-dealkylation sites (tertiary alicyclic amines) is 1. The molecule has 1 aromatic rings. The Labute approximate surface area is 130 Å². The molecular weight excluding hydrogens is 284 g/mol. The summed E-state index contributed by atoms with van der Waals surface area (Å²) in [7, 11) is 5.08. The van der Waals surface area contributed by atoms with Crippen LogP contribution in [0.2, 0.25) is 0 Å². The predicted molar refractivity (Wildman–Crippen MR) is 81.8 cm³/mol. The van der Waals surface area contributed by atoms with Crippen LogP contribution in [0.15, 0.2) is 18.6 Å². The SMILES string of the molecule is CO[C@H]1CN(C(=O)/C=C/c2cnc[nH]2)C[C@H]1CC(=O)N(C)C. The Kier molecular flexibility index (Phi) is 5.32. The van der Waals surface area contributed by atoms with Crippen LogP contribution in [0, 0.1) is 5.92 Å². The molecular formula is C15H22N4O3. The van der Waals surface area contributed by atoms with Gasteiger partial charge >= 0.3 is 0 Å². The number of carbonyl (C=O) groups is 2. The van der Waals surface area contributed by atoms with Crippen molar-refractivity contribution in [3.63, 3.8) is 0 Å². The van der Waals surface area contributed by atoms with Crippen LogP contribution in [-0.2, 0) is 14.3 Å². The second-order valence-corrected chi connectivity index (χ2v) is 5.61. The largest absolute Gasteiger partial charge is 0.379 e. The number of nitrogens with one attached hydrogen (secondary N) is 1. The molecule has 0 aliphatic carbocycles. The summed E-state index contributed by atoms with van der Waals surface area (Å²) in [5, 5.41) is 0. The summed E-state index contributed by atoms with van der Waals surface area (Å²) in [5.41, 5.74) is 0.773. The molecule has 1 aliphatic heterocycles. The van der Waals surface area contributed by atoms with Crippen molar-refractivity contribution in [3.05, 3.63) is 24.3 Å². The van der Waals surface area contributed by atoms with Gasteiger partial charge in [-0.15, -0.1) is 0 Å². The highest BCUT2D eigenvalue weighted by Gasteiger charge is 2.36. The second-order valence-electron chi connectivity index (χ2n) is 5.61. The molecule has 0 aromatic carbocycles. The molecule has 1 N–H and O–H groups in total. The van der Waals surface area contributed by atoms with E-state index in [2.05, 4.69) is 9.97 Å². The molecule has 2 amide bonds. The number of rotatable bonds is 5. The van der Waals surface area contributed by atoms with Gasteiger partial charge < -0.3 is 19.5 Å². The van der Waals surface area contributed by atoms with Gasteiger partial charge in [0.05, 0.1) is 24.3 Å². The zero-order valence-corrected chi connectivity index (χ0v) is 13.2. The summed E-state index contributed by atoms with van der Waals surface area (Å²) in [4.78, 5) is 34.2. The van der Waals surface area contributed by atoms with Crippen LogP contribution in [-0.4, -0.2) is 72.0 Å². The lowest BCUT2D eigenvalue weighted by atomic mass is 10.0. The summed E-state index contributed by atoms with van der Waals surface area (Å²) < 4.78 is 5.43. The van der Waals surface area contributed by atoms with Gasteiger partial charge in [0, 0.05) is 52.7 Å². The number of imidazole rings is 1. The first-order valence-corrected chi connectivity index (χ1v) is 7.19. The van der Waals surface area contributed by atoms with Gasteiger partial charge in [0.15, 0.2) is 0 Å². The Balaban J connectivity index is 1.95. The molecule has 7 heteroatoms. The third-order valence-electron chi connectivity index (χ3n) is 3.86. The lowest BCUT2D eigenvalue weighted by Gasteiger charge is -2.18. The monoisotopic (exact) mass is 306 g/mol. The average Bonchev–Trinajstić information content (AvgIpc) is 3.13. The molecule has 0 bridgehead atoms. The number of hydrogen-bond donors (Lipinski definition) is 1. The van der Waals surface area contributed by atoms with Gasteiger partial charge in [-0.1, -0.05) is 0 Å². The summed E-state index contributed by atoms with van der Waals surface area (Å²) in [6.45, 7) is 1.04. The van der Waals surface area contributed by atoms with E-state index in [-0.39, 0.29) is 23.8 Å². The van der Waals surface area contributed by atoms with Crippen molar-refractivity contribution < 1.29 is 14.3 Å². The van der Waals surface area contributed by atoms with Crippen molar-refractivity contribution in [2.75, 3.05) is 34.3 Å². The standard InChI is InChI=1S/C15H22N4O3/c1-18(2)15(21)6-11-8-19(9-13(11)22-3)14(20)5-4-12-7-16-10-17-12/h4-5,7,10-11,13H,6,8-9H2,1-3H3,(H,16,17)/b5-4+/t11-,13+/m1/s1. The molecule has 22 heavy (non-hydrogen) atoms. The molecule has 0 saturated carbocycles. The Morgan fingerprint density at radius 1 is 1.50 bits per heavy atom. The van der Waals surface area contributed by atoms with Gasteiger partial charge in [0.2, 0.25) is 11.8 Å². The number of hydrogen-bond acceptors (Lipinski definition) is 4. The fourth-order valence-electron chi connectivity index (χ4n) is 2.52. The van der Waals surface area contributed by atoms with E-state index in [1.807, 2.05) is 0 Å². The fourth-order valence-corrected chi connectivity index (χ4v) is 2.52. The van der Waals surface area contributed by atoms with Crippen molar-refractivity contribution in [3.8, 4) is 0 Å². The smallest absolute Gasteiger partial charge is 0.246 e. The number of ether oxygens (including phenoxy) is 1. The predicted octanol–water partition coefficient (Wildman–Crippen LogP) is 0.375. The zero-order chi connectivity index (χ0) is 16.1. The lowest BCUT2D eigenvalue weighted by molar-refractivity contribution is -0.130. The highest BCUT2D eigenvalue weighted by atomic mass is 16.5. The molecule has 7 nitrogen and oxygen atoms in total. The molecule has 1 aromatic heterocycles. The molecule has 0 spiro atoms. The quantitative estimate of drug-likeness (QED) is 0.798. The lowest BCUT2D eigenvalue weighted by Crippen LogP contribution is -2.29. The van der Waals surface area contributed by atoms with E-state index >= 15 is 0 Å². The number of methoxy groups -OCH3 is 1. The molecule has 2 heterocycles. The van der Waals surface area contributed by atoms with Crippen molar-refractivity contribution in [1.82, 2.24) is 19.8 Å². The number of amides is 2. The van der Waals surface area contributed by atoms with Crippen molar-refractivity contribution >= 4 is 17.9 Å². The van der Waals surface area contributed by atoms with Gasteiger partial charge in [0.1, 0.15) is 0 Å². The number of nitrogens with zero attached hydrogens (tertiary/aromatic N) is 3. The molecule has 120 valence electrons. The number of aromatic nitrogens is 2. The van der Waals surface area contributed by atoms with Crippen LogP contribution < -0.4 is 0 Å². The third-order valence-corrected chi connectivity index (χ3v) is 3.86. The van der Waals surface area contributed by atoms with Gasteiger partial charge in [0.25, 0.3) is 0 Å². The Morgan fingerprint density at radius 2 is 2.27 bits per heavy atom.